The third-order valence-corrected chi connectivity index (χ3v) is 6.38. The minimum atomic E-state index is 0.111. The molecule has 1 aliphatic carbocycles. The molecule has 2 amide bonds. The average Bonchev–Trinajstić information content (AvgIpc) is 3.21. The molecule has 0 spiro atoms. The summed E-state index contributed by atoms with van der Waals surface area (Å²) in [6, 6.07) is 0.634. The van der Waals surface area contributed by atoms with Crippen LogP contribution in [0.3, 0.4) is 0 Å². The van der Waals surface area contributed by atoms with Crippen molar-refractivity contribution >= 4 is 17.8 Å². The second-order valence-electron chi connectivity index (χ2n) is 6.74. The highest BCUT2D eigenvalue weighted by Crippen LogP contribution is 2.35. The molecule has 1 aliphatic heterocycles. The van der Waals surface area contributed by atoms with Gasteiger partial charge in [-0.1, -0.05) is 6.92 Å². The number of hydrogen-bond acceptors (Lipinski definition) is 3. The Morgan fingerprint density at radius 1 is 1.39 bits per heavy atom. The predicted molar refractivity (Wildman–Crippen MR) is 94.8 cm³/mol. The van der Waals surface area contributed by atoms with Crippen LogP contribution in [-0.2, 0) is 0 Å². The Kier molecular flexibility index (Phi) is 5.19. The number of urea groups is 1. The van der Waals surface area contributed by atoms with Crippen LogP contribution in [0.1, 0.15) is 62.0 Å². The number of hydrogen-bond donors (Lipinski definition) is 2. The van der Waals surface area contributed by atoms with Crippen molar-refractivity contribution in [1.29, 1.82) is 0 Å². The number of nitrogens with zero attached hydrogens (tertiary/aromatic N) is 2. The predicted octanol–water partition coefficient (Wildman–Crippen LogP) is 3.55. The zero-order chi connectivity index (χ0) is 16.4. The van der Waals surface area contributed by atoms with E-state index in [2.05, 4.69) is 22.4 Å². The number of likely N-dealkylation sites (tertiary alicyclic amines) is 1. The van der Waals surface area contributed by atoms with E-state index in [1.54, 1.807) is 0 Å². The lowest BCUT2D eigenvalue weighted by Gasteiger charge is -2.27. The van der Waals surface area contributed by atoms with Crippen LogP contribution in [-0.4, -0.2) is 44.7 Å². The molecule has 23 heavy (non-hydrogen) atoms. The number of thioether (sulfide) groups is 1. The molecule has 3 atom stereocenters. The Bertz CT molecular complexity index is 539. The highest BCUT2D eigenvalue weighted by molar-refractivity contribution is 7.99. The van der Waals surface area contributed by atoms with Crippen molar-refractivity contribution in [2.24, 2.45) is 0 Å². The molecule has 128 valence electrons. The molecule has 2 aliphatic rings. The summed E-state index contributed by atoms with van der Waals surface area (Å²) >= 11 is 2.03. The molecule has 1 aromatic heterocycles. The maximum atomic E-state index is 12.8. The fourth-order valence-corrected chi connectivity index (χ4v) is 5.22. The van der Waals surface area contributed by atoms with Gasteiger partial charge in [-0.25, -0.2) is 4.79 Å². The fourth-order valence-electron chi connectivity index (χ4n) is 4.08. The van der Waals surface area contributed by atoms with Crippen molar-refractivity contribution in [3.8, 4) is 0 Å². The van der Waals surface area contributed by atoms with Gasteiger partial charge in [0, 0.05) is 29.1 Å². The number of amides is 2. The molecule has 1 aromatic rings. The van der Waals surface area contributed by atoms with Crippen molar-refractivity contribution in [3.63, 3.8) is 0 Å². The van der Waals surface area contributed by atoms with Crippen LogP contribution in [0.4, 0.5) is 4.79 Å². The number of aromatic nitrogens is 2. The maximum Gasteiger partial charge on any atom is 0.318 e. The van der Waals surface area contributed by atoms with E-state index in [4.69, 9.17) is 0 Å². The Morgan fingerprint density at radius 2 is 2.22 bits per heavy atom. The van der Waals surface area contributed by atoms with Crippen LogP contribution in [0.15, 0.2) is 0 Å². The first-order valence-electron chi connectivity index (χ1n) is 8.80. The molecule has 2 N–H and O–H groups in total. The van der Waals surface area contributed by atoms with Crippen molar-refractivity contribution in [1.82, 2.24) is 20.4 Å². The number of H-pyrrole nitrogens is 1. The molecule has 5 nitrogen and oxygen atoms in total. The summed E-state index contributed by atoms with van der Waals surface area (Å²) in [6.07, 6.45) is 5.57. The molecule has 0 radical (unpaired) electrons. The van der Waals surface area contributed by atoms with Gasteiger partial charge < -0.3 is 10.2 Å². The molecule has 6 heteroatoms. The first kappa shape index (κ1) is 16.7. The van der Waals surface area contributed by atoms with Crippen LogP contribution < -0.4 is 5.32 Å². The van der Waals surface area contributed by atoms with E-state index in [0.717, 1.165) is 48.9 Å². The zero-order valence-corrected chi connectivity index (χ0v) is 15.2. The maximum absolute atomic E-state index is 12.8. The van der Waals surface area contributed by atoms with E-state index in [-0.39, 0.29) is 12.1 Å². The lowest BCUT2D eigenvalue weighted by Crippen LogP contribution is -2.44. The Morgan fingerprint density at radius 3 is 2.91 bits per heavy atom. The topological polar surface area (TPSA) is 61.0 Å². The van der Waals surface area contributed by atoms with Crippen molar-refractivity contribution in [2.45, 2.75) is 70.2 Å². The number of aromatic amines is 1. The van der Waals surface area contributed by atoms with Crippen LogP contribution in [0.2, 0.25) is 0 Å². The summed E-state index contributed by atoms with van der Waals surface area (Å²) in [7, 11) is 0. The van der Waals surface area contributed by atoms with E-state index in [1.807, 2.05) is 30.5 Å². The molecule has 0 bridgehead atoms. The number of rotatable bonds is 4. The van der Waals surface area contributed by atoms with E-state index >= 15 is 0 Å². The van der Waals surface area contributed by atoms with Gasteiger partial charge >= 0.3 is 6.03 Å². The molecule has 1 saturated carbocycles. The van der Waals surface area contributed by atoms with E-state index in [9.17, 15) is 4.79 Å². The quantitative estimate of drug-likeness (QED) is 0.884. The second kappa shape index (κ2) is 7.16. The normalized spacial score (nSPS) is 27.6. The van der Waals surface area contributed by atoms with E-state index in [1.165, 1.54) is 17.7 Å². The summed E-state index contributed by atoms with van der Waals surface area (Å²) in [4.78, 5) is 14.8. The Balaban J connectivity index is 1.63. The van der Waals surface area contributed by atoms with E-state index in [0.29, 0.717) is 6.04 Å². The number of carbonyl (C=O) groups excluding carboxylic acids is 1. The van der Waals surface area contributed by atoms with Crippen LogP contribution in [0.25, 0.3) is 0 Å². The largest absolute Gasteiger partial charge is 0.335 e. The van der Waals surface area contributed by atoms with Crippen LogP contribution in [0.5, 0.6) is 0 Å². The third-order valence-electron chi connectivity index (χ3n) is 5.15. The molecule has 2 heterocycles. The summed E-state index contributed by atoms with van der Waals surface area (Å²) in [5.74, 6) is 1.17. The van der Waals surface area contributed by atoms with Crippen LogP contribution >= 0.6 is 11.8 Å². The van der Waals surface area contributed by atoms with Gasteiger partial charge in [0.15, 0.2) is 0 Å². The summed E-state index contributed by atoms with van der Waals surface area (Å²) in [5.41, 5.74) is 3.32. The van der Waals surface area contributed by atoms with Gasteiger partial charge in [-0.2, -0.15) is 16.9 Å². The summed E-state index contributed by atoms with van der Waals surface area (Å²) < 4.78 is 0. The second-order valence-corrected chi connectivity index (χ2v) is 8.31. The monoisotopic (exact) mass is 336 g/mol. The number of nitrogens with one attached hydrogen (secondary N) is 2. The summed E-state index contributed by atoms with van der Waals surface area (Å²) in [6.45, 7) is 7.13. The first-order chi connectivity index (χ1) is 11.1. The highest BCUT2D eigenvalue weighted by Gasteiger charge is 2.35. The van der Waals surface area contributed by atoms with Gasteiger partial charge in [-0.3, -0.25) is 5.10 Å². The molecule has 1 saturated heterocycles. The lowest BCUT2D eigenvalue weighted by atomic mass is 10.0. The van der Waals surface area contributed by atoms with Crippen molar-refractivity contribution in [3.05, 3.63) is 17.0 Å². The summed E-state index contributed by atoms with van der Waals surface area (Å²) in [5, 5.41) is 11.4. The molecule has 3 rings (SSSR count). The van der Waals surface area contributed by atoms with Gasteiger partial charge in [0.2, 0.25) is 0 Å². The first-order valence-corrected chi connectivity index (χ1v) is 9.85. The lowest BCUT2D eigenvalue weighted by molar-refractivity contribution is 0.189. The molecule has 2 fully saturated rings. The van der Waals surface area contributed by atoms with Crippen LogP contribution in [0, 0.1) is 13.8 Å². The minimum absolute atomic E-state index is 0.111. The van der Waals surface area contributed by atoms with Gasteiger partial charge in [0.25, 0.3) is 0 Å². The molecule has 3 unspecified atom stereocenters. The molecular weight excluding hydrogens is 308 g/mol. The average molecular weight is 337 g/mol. The van der Waals surface area contributed by atoms with Crippen molar-refractivity contribution < 1.29 is 4.79 Å². The number of aryl methyl sites for hydroxylation is 2. The van der Waals surface area contributed by atoms with Gasteiger partial charge in [-0.15, -0.1) is 0 Å². The molecular formula is C17H28N4OS. The SMILES string of the molecule is CCSC1CCC(NC(=O)N2CCCC2c2c(C)n[nH]c2C)C1. The van der Waals surface area contributed by atoms with Gasteiger partial charge in [-0.05, 0) is 51.7 Å². The Labute approximate surface area is 143 Å². The fraction of sp³-hybridized carbons (Fsp3) is 0.765. The van der Waals surface area contributed by atoms with Crippen molar-refractivity contribution in [2.75, 3.05) is 12.3 Å². The standard InChI is InChI=1S/C17H28N4OS/c1-4-23-14-8-7-13(10-14)18-17(22)21-9-5-6-15(21)16-11(2)19-20-12(16)3/h13-15H,4-10H2,1-3H3,(H,18,22)(H,19,20). The number of carbonyl (C=O) groups is 1. The van der Waals surface area contributed by atoms with Gasteiger partial charge in [0.1, 0.15) is 0 Å². The minimum Gasteiger partial charge on any atom is -0.335 e. The van der Waals surface area contributed by atoms with E-state index < -0.39 is 0 Å². The van der Waals surface area contributed by atoms with Gasteiger partial charge in [0.05, 0.1) is 11.7 Å². The Hall–Kier alpha value is -1.17. The third kappa shape index (κ3) is 3.52. The highest BCUT2D eigenvalue weighted by atomic mass is 32.2. The smallest absolute Gasteiger partial charge is 0.318 e. The molecule has 0 aromatic carbocycles. The zero-order valence-electron chi connectivity index (χ0n) is 14.4.